The molecule has 1 heterocycles. The first-order valence-corrected chi connectivity index (χ1v) is 5.31. The summed E-state index contributed by atoms with van der Waals surface area (Å²) in [7, 11) is 0. The van der Waals surface area contributed by atoms with Gasteiger partial charge in [-0.2, -0.15) is 0 Å². The van der Waals surface area contributed by atoms with Crippen LogP contribution < -0.4 is 10.2 Å². The summed E-state index contributed by atoms with van der Waals surface area (Å²) in [6.45, 7) is 1.78. The number of imide groups is 1. The van der Waals surface area contributed by atoms with Gasteiger partial charge in [0, 0.05) is 5.02 Å². The van der Waals surface area contributed by atoms with E-state index in [1.165, 1.54) is 4.90 Å². The van der Waals surface area contributed by atoms with Gasteiger partial charge in [-0.15, -0.1) is 0 Å². The maximum Gasteiger partial charge on any atom is 0.329 e. The predicted molar refractivity (Wildman–Crippen MR) is 62.1 cm³/mol. The number of halogens is 2. The van der Waals surface area contributed by atoms with Crippen LogP contribution >= 0.6 is 23.2 Å². The second kappa shape index (κ2) is 3.96. The summed E-state index contributed by atoms with van der Waals surface area (Å²) in [4.78, 5) is 23.7. The zero-order chi connectivity index (χ0) is 11.9. The molecule has 1 aliphatic rings. The molecule has 0 bridgehead atoms. The van der Waals surface area contributed by atoms with Gasteiger partial charge in [0.15, 0.2) is 0 Å². The Balaban J connectivity index is 2.45. The number of urea groups is 1. The van der Waals surface area contributed by atoms with Crippen molar-refractivity contribution in [1.82, 2.24) is 5.32 Å². The van der Waals surface area contributed by atoms with Crippen LogP contribution in [0.3, 0.4) is 0 Å². The molecule has 1 saturated heterocycles. The lowest BCUT2D eigenvalue weighted by atomic mass is 10.2. The van der Waals surface area contributed by atoms with E-state index < -0.39 is 6.03 Å². The molecule has 0 radical (unpaired) electrons. The number of hydrogen-bond donors (Lipinski definition) is 1. The van der Waals surface area contributed by atoms with Crippen molar-refractivity contribution in [2.75, 3.05) is 11.4 Å². The third-order valence-electron chi connectivity index (χ3n) is 2.31. The fraction of sp³-hybridized carbons (Fsp3) is 0.200. The van der Waals surface area contributed by atoms with E-state index >= 15 is 0 Å². The van der Waals surface area contributed by atoms with Crippen molar-refractivity contribution in [3.8, 4) is 0 Å². The van der Waals surface area contributed by atoms with Crippen LogP contribution in [0, 0.1) is 6.92 Å². The highest BCUT2D eigenvalue weighted by Crippen LogP contribution is 2.32. The smallest absolute Gasteiger partial charge is 0.283 e. The number of hydrogen-bond acceptors (Lipinski definition) is 2. The summed E-state index contributed by atoms with van der Waals surface area (Å²) in [6, 6.07) is 2.76. The fourth-order valence-electron chi connectivity index (χ4n) is 1.48. The number of aryl methyl sites for hydroxylation is 1. The molecule has 84 valence electrons. The number of benzene rings is 1. The van der Waals surface area contributed by atoms with Crippen molar-refractivity contribution < 1.29 is 9.59 Å². The van der Waals surface area contributed by atoms with Crippen molar-refractivity contribution in [3.05, 3.63) is 27.7 Å². The van der Waals surface area contributed by atoms with Gasteiger partial charge < -0.3 is 0 Å². The Labute approximate surface area is 102 Å². The Morgan fingerprint density at radius 3 is 2.50 bits per heavy atom. The second-order valence-corrected chi connectivity index (χ2v) is 4.31. The van der Waals surface area contributed by atoms with Crippen LogP contribution in [0.5, 0.6) is 0 Å². The predicted octanol–water partition coefficient (Wildman–Crippen LogP) is 2.36. The van der Waals surface area contributed by atoms with Crippen LogP contribution in [0.25, 0.3) is 0 Å². The zero-order valence-corrected chi connectivity index (χ0v) is 9.89. The van der Waals surface area contributed by atoms with Gasteiger partial charge in [-0.25, -0.2) is 4.79 Å². The van der Waals surface area contributed by atoms with E-state index in [1.807, 2.05) is 6.92 Å². The van der Waals surface area contributed by atoms with E-state index in [0.29, 0.717) is 15.7 Å². The lowest BCUT2D eigenvalue weighted by molar-refractivity contribution is -0.117. The van der Waals surface area contributed by atoms with Crippen LogP contribution in [0.1, 0.15) is 5.56 Å². The molecule has 0 aliphatic carbocycles. The molecule has 3 amide bonds. The van der Waals surface area contributed by atoms with E-state index in [2.05, 4.69) is 5.32 Å². The molecule has 1 aromatic rings. The minimum absolute atomic E-state index is 0.0298. The first-order chi connectivity index (χ1) is 7.49. The molecule has 1 aromatic carbocycles. The van der Waals surface area contributed by atoms with Gasteiger partial charge in [-0.3, -0.25) is 15.0 Å². The average molecular weight is 259 g/mol. The summed E-state index contributed by atoms with van der Waals surface area (Å²) < 4.78 is 0. The average Bonchev–Trinajstić information content (AvgIpc) is 2.51. The Hall–Kier alpha value is -1.26. The highest BCUT2D eigenvalue weighted by Gasteiger charge is 2.29. The van der Waals surface area contributed by atoms with Crippen LogP contribution in [-0.4, -0.2) is 18.5 Å². The van der Waals surface area contributed by atoms with Gasteiger partial charge in [-0.1, -0.05) is 23.2 Å². The Kier molecular flexibility index (Phi) is 2.78. The lowest BCUT2D eigenvalue weighted by Crippen LogP contribution is -2.28. The summed E-state index contributed by atoms with van der Waals surface area (Å²) >= 11 is 11.9. The number of carbonyl (C=O) groups excluding carboxylic acids is 2. The molecule has 6 heteroatoms. The van der Waals surface area contributed by atoms with Crippen LogP contribution in [0.15, 0.2) is 12.1 Å². The van der Waals surface area contributed by atoms with E-state index in [4.69, 9.17) is 23.2 Å². The molecule has 0 spiro atoms. The summed E-state index contributed by atoms with van der Waals surface area (Å²) in [6.07, 6.45) is 0. The van der Waals surface area contributed by atoms with Gasteiger partial charge in [0.2, 0.25) is 5.91 Å². The number of amides is 3. The first-order valence-electron chi connectivity index (χ1n) is 4.56. The summed E-state index contributed by atoms with van der Waals surface area (Å²) in [5.41, 5.74) is 1.27. The highest BCUT2D eigenvalue weighted by molar-refractivity contribution is 6.36. The number of nitrogens with one attached hydrogen (secondary N) is 1. The third kappa shape index (κ3) is 1.86. The molecule has 16 heavy (non-hydrogen) atoms. The van der Waals surface area contributed by atoms with Gasteiger partial charge in [0.25, 0.3) is 0 Å². The Morgan fingerprint density at radius 2 is 1.94 bits per heavy atom. The Bertz CT molecular complexity index is 488. The minimum atomic E-state index is -0.480. The van der Waals surface area contributed by atoms with E-state index in [-0.39, 0.29) is 12.5 Å². The third-order valence-corrected chi connectivity index (χ3v) is 3.02. The number of anilines is 1. The van der Waals surface area contributed by atoms with Crippen molar-refractivity contribution in [2.24, 2.45) is 0 Å². The van der Waals surface area contributed by atoms with Crippen molar-refractivity contribution in [2.45, 2.75) is 6.92 Å². The Morgan fingerprint density at radius 1 is 1.25 bits per heavy atom. The minimum Gasteiger partial charge on any atom is -0.283 e. The van der Waals surface area contributed by atoms with Gasteiger partial charge in [0.05, 0.1) is 10.7 Å². The largest absolute Gasteiger partial charge is 0.329 e. The second-order valence-electron chi connectivity index (χ2n) is 3.49. The molecular weight excluding hydrogens is 251 g/mol. The van der Waals surface area contributed by atoms with Gasteiger partial charge >= 0.3 is 6.03 Å². The standard InChI is InChI=1S/C10H8Cl2N2O2/c1-5-2-7(12)8(3-6(5)11)14-4-9(15)13-10(14)16/h2-3H,4H2,1H3,(H,13,15,16). The van der Waals surface area contributed by atoms with E-state index in [1.54, 1.807) is 12.1 Å². The SMILES string of the molecule is Cc1cc(Cl)c(N2CC(=O)NC2=O)cc1Cl. The number of nitrogens with zero attached hydrogens (tertiary/aromatic N) is 1. The number of carbonyl (C=O) groups is 2. The zero-order valence-electron chi connectivity index (χ0n) is 8.38. The first kappa shape index (κ1) is 11.2. The van der Waals surface area contributed by atoms with Crippen molar-refractivity contribution >= 4 is 40.8 Å². The van der Waals surface area contributed by atoms with Crippen LogP contribution in [-0.2, 0) is 4.79 Å². The molecule has 2 rings (SSSR count). The van der Waals surface area contributed by atoms with Crippen LogP contribution in [0.2, 0.25) is 10.0 Å². The lowest BCUT2D eigenvalue weighted by Gasteiger charge is -2.16. The molecule has 0 saturated carbocycles. The molecule has 0 atom stereocenters. The molecule has 1 N–H and O–H groups in total. The fourth-order valence-corrected chi connectivity index (χ4v) is 1.96. The molecule has 0 unspecified atom stereocenters. The quantitative estimate of drug-likeness (QED) is 0.787. The maximum absolute atomic E-state index is 11.4. The van der Waals surface area contributed by atoms with Crippen molar-refractivity contribution in [3.63, 3.8) is 0 Å². The van der Waals surface area contributed by atoms with E-state index in [9.17, 15) is 9.59 Å². The van der Waals surface area contributed by atoms with Gasteiger partial charge in [0.1, 0.15) is 6.54 Å². The molecule has 1 aliphatic heterocycles. The van der Waals surface area contributed by atoms with Gasteiger partial charge in [-0.05, 0) is 24.6 Å². The summed E-state index contributed by atoms with van der Waals surface area (Å²) in [5.74, 6) is -0.349. The summed E-state index contributed by atoms with van der Waals surface area (Å²) in [5, 5.41) is 3.07. The highest BCUT2D eigenvalue weighted by atomic mass is 35.5. The van der Waals surface area contributed by atoms with Crippen LogP contribution in [0.4, 0.5) is 10.5 Å². The molecule has 4 nitrogen and oxygen atoms in total. The van der Waals surface area contributed by atoms with E-state index in [0.717, 1.165) is 5.56 Å². The topological polar surface area (TPSA) is 49.4 Å². The monoisotopic (exact) mass is 258 g/mol. The number of rotatable bonds is 1. The molecule has 0 aromatic heterocycles. The normalized spacial score (nSPS) is 15.6. The van der Waals surface area contributed by atoms with Crippen molar-refractivity contribution in [1.29, 1.82) is 0 Å². The molecule has 1 fully saturated rings. The molecular formula is C10H8Cl2N2O2. The maximum atomic E-state index is 11.4.